The molecule has 3 atom stereocenters. The van der Waals surface area contributed by atoms with Crippen LogP contribution in [-0.2, 0) is 9.53 Å². The molecule has 0 radical (unpaired) electrons. The van der Waals surface area contributed by atoms with Gasteiger partial charge in [-0.05, 0) is 13.8 Å². The third-order valence-electron chi connectivity index (χ3n) is 2.72. The summed E-state index contributed by atoms with van der Waals surface area (Å²) in [5, 5.41) is 20.0. The van der Waals surface area contributed by atoms with E-state index in [1.54, 1.807) is 0 Å². The lowest BCUT2D eigenvalue weighted by atomic mass is 10.2. The van der Waals surface area contributed by atoms with Crippen molar-refractivity contribution < 1.29 is 24.5 Å². The molecule has 1 rings (SSSR count). The lowest BCUT2D eigenvalue weighted by Gasteiger charge is -2.35. The van der Waals surface area contributed by atoms with E-state index in [1.165, 1.54) is 4.90 Å². The van der Waals surface area contributed by atoms with Crippen LogP contribution in [0.1, 0.15) is 20.3 Å². The lowest BCUT2D eigenvalue weighted by Crippen LogP contribution is -2.54. The van der Waals surface area contributed by atoms with Crippen LogP contribution in [0.4, 0.5) is 4.79 Å². The fourth-order valence-corrected chi connectivity index (χ4v) is 1.97. The zero-order valence-electron chi connectivity index (χ0n) is 10.6. The summed E-state index contributed by atoms with van der Waals surface area (Å²) >= 11 is 0. The quantitative estimate of drug-likeness (QED) is 0.641. The summed E-state index contributed by atoms with van der Waals surface area (Å²) in [6, 6.07) is -1.49. The van der Waals surface area contributed by atoms with Crippen molar-refractivity contribution >= 4 is 12.0 Å². The second-order valence-corrected chi connectivity index (χ2v) is 4.51. The lowest BCUT2D eigenvalue weighted by molar-refractivity contribution is -0.139. The highest BCUT2D eigenvalue weighted by molar-refractivity contribution is 5.82. The second-order valence-electron chi connectivity index (χ2n) is 4.51. The fraction of sp³-hybridized carbons (Fsp3) is 0.818. The molecule has 2 amide bonds. The third-order valence-corrected chi connectivity index (χ3v) is 2.72. The van der Waals surface area contributed by atoms with E-state index in [2.05, 4.69) is 5.32 Å². The van der Waals surface area contributed by atoms with E-state index in [0.29, 0.717) is 13.1 Å². The Kier molecular flexibility index (Phi) is 5.36. The first-order valence-corrected chi connectivity index (χ1v) is 5.98. The molecule has 0 aromatic carbocycles. The molecule has 1 heterocycles. The van der Waals surface area contributed by atoms with Crippen LogP contribution in [0.3, 0.4) is 0 Å². The van der Waals surface area contributed by atoms with Gasteiger partial charge in [-0.15, -0.1) is 0 Å². The van der Waals surface area contributed by atoms with Crippen LogP contribution in [0.25, 0.3) is 0 Å². The van der Waals surface area contributed by atoms with E-state index in [0.717, 1.165) is 0 Å². The Labute approximate surface area is 106 Å². The Hall–Kier alpha value is -1.34. The number of carbonyl (C=O) groups is 2. The van der Waals surface area contributed by atoms with Gasteiger partial charge in [0.2, 0.25) is 0 Å². The van der Waals surface area contributed by atoms with E-state index >= 15 is 0 Å². The molecular formula is C11H20N2O5. The van der Waals surface area contributed by atoms with E-state index in [9.17, 15) is 9.59 Å². The Morgan fingerprint density at radius 3 is 2.39 bits per heavy atom. The van der Waals surface area contributed by atoms with Gasteiger partial charge in [0.15, 0.2) is 0 Å². The van der Waals surface area contributed by atoms with Gasteiger partial charge in [0.1, 0.15) is 6.04 Å². The minimum atomic E-state index is -1.15. The van der Waals surface area contributed by atoms with Gasteiger partial charge in [-0.25, -0.2) is 9.59 Å². The van der Waals surface area contributed by atoms with Gasteiger partial charge in [-0.3, -0.25) is 0 Å². The number of aliphatic hydroxyl groups is 1. The zero-order valence-corrected chi connectivity index (χ0v) is 10.6. The van der Waals surface area contributed by atoms with Crippen LogP contribution >= 0.6 is 0 Å². The number of nitrogens with zero attached hydrogens (tertiary/aromatic N) is 1. The average molecular weight is 260 g/mol. The van der Waals surface area contributed by atoms with Gasteiger partial charge in [-0.1, -0.05) is 0 Å². The van der Waals surface area contributed by atoms with E-state index in [-0.39, 0.29) is 25.2 Å². The number of rotatable bonds is 4. The normalized spacial score (nSPS) is 25.6. The SMILES string of the molecule is CC1CN(C(=O)NC(CCO)C(=O)O)CC(C)O1. The first-order valence-electron chi connectivity index (χ1n) is 5.98. The molecular weight excluding hydrogens is 240 g/mol. The maximum atomic E-state index is 11.9. The minimum absolute atomic E-state index is 0.00345. The summed E-state index contributed by atoms with van der Waals surface area (Å²) in [6.07, 6.45) is -0.141. The first kappa shape index (κ1) is 14.7. The van der Waals surface area contributed by atoms with Crippen LogP contribution in [0.5, 0.6) is 0 Å². The van der Waals surface area contributed by atoms with Gasteiger partial charge < -0.3 is 25.2 Å². The zero-order chi connectivity index (χ0) is 13.7. The van der Waals surface area contributed by atoms with Gasteiger partial charge in [0.05, 0.1) is 12.2 Å². The number of carboxylic acids is 1. The number of aliphatic carboxylic acids is 1. The maximum Gasteiger partial charge on any atom is 0.326 e. The van der Waals surface area contributed by atoms with Crippen molar-refractivity contribution in [2.45, 2.75) is 38.5 Å². The van der Waals surface area contributed by atoms with Gasteiger partial charge >= 0.3 is 12.0 Å². The van der Waals surface area contributed by atoms with Crippen LogP contribution in [0, 0.1) is 0 Å². The smallest absolute Gasteiger partial charge is 0.326 e. The molecule has 18 heavy (non-hydrogen) atoms. The molecule has 0 aliphatic carbocycles. The molecule has 0 spiro atoms. The molecule has 3 N–H and O–H groups in total. The maximum absolute atomic E-state index is 11.9. The Morgan fingerprint density at radius 1 is 1.39 bits per heavy atom. The van der Waals surface area contributed by atoms with Crippen LogP contribution in [0.15, 0.2) is 0 Å². The highest BCUT2D eigenvalue weighted by atomic mass is 16.5. The summed E-state index contributed by atoms with van der Waals surface area (Å²) in [6.45, 7) is 4.30. The van der Waals surface area contributed by atoms with Crippen molar-refractivity contribution in [2.24, 2.45) is 0 Å². The third kappa shape index (κ3) is 4.15. The number of aliphatic hydroxyl groups excluding tert-OH is 1. The molecule has 0 aromatic heterocycles. The number of ether oxygens (including phenoxy) is 1. The van der Waals surface area contributed by atoms with E-state index in [1.807, 2.05) is 13.8 Å². The molecule has 1 aliphatic heterocycles. The molecule has 0 saturated carbocycles. The highest BCUT2D eigenvalue weighted by Gasteiger charge is 2.28. The van der Waals surface area contributed by atoms with Crippen LogP contribution in [0.2, 0.25) is 0 Å². The second kappa shape index (κ2) is 6.55. The fourth-order valence-electron chi connectivity index (χ4n) is 1.97. The molecule has 0 bridgehead atoms. The Balaban J connectivity index is 2.55. The highest BCUT2D eigenvalue weighted by Crippen LogP contribution is 2.10. The number of hydrogen-bond donors (Lipinski definition) is 3. The first-order chi connectivity index (χ1) is 8.43. The number of amides is 2. The standard InChI is InChI=1S/C11H20N2O5/c1-7-5-13(6-8(2)18-7)11(17)12-9(3-4-14)10(15)16/h7-9,14H,3-6H2,1-2H3,(H,12,17)(H,15,16). The van der Waals surface area contributed by atoms with E-state index in [4.69, 9.17) is 14.9 Å². The molecule has 1 aliphatic rings. The summed E-state index contributed by atoms with van der Waals surface area (Å²) in [4.78, 5) is 24.3. The molecule has 1 saturated heterocycles. The predicted molar refractivity (Wildman–Crippen MR) is 63.2 cm³/mol. The van der Waals surface area contributed by atoms with E-state index < -0.39 is 18.0 Å². The van der Waals surface area contributed by atoms with Crippen molar-refractivity contribution in [1.82, 2.24) is 10.2 Å². The Morgan fingerprint density at radius 2 is 1.94 bits per heavy atom. The summed E-state index contributed by atoms with van der Waals surface area (Å²) in [7, 11) is 0. The summed E-state index contributed by atoms with van der Waals surface area (Å²) < 4.78 is 5.49. The molecule has 104 valence electrons. The van der Waals surface area contributed by atoms with Crippen molar-refractivity contribution in [3.05, 3.63) is 0 Å². The van der Waals surface area contributed by atoms with Gasteiger partial charge in [0.25, 0.3) is 0 Å². The van der Waals surface area contributed by atoms with Crippen molar-refractivity contribution in [3.8, 4) is 0 Å². The summed E-state index contributed by atoms with van der Waals surface area (Å²) in [5.74, 6) is -1.15. The monoisotopic (exact) mass is 260 g/mol. The number of morpholine rings is 1. The number of carbonyl (C=O) groups excluding carboxylic acids is 1. The van der Waals surface area contributed by atoms with Gasteiger partial charge in [0, 0.05) is 26.1 Å². The number of nitrogens with one attached hydrogen (secondary N) is 1. The molecule has 1 fully saturated rings. The van der Waals surface area contributed by atoms with Crippen LogP contribution in [-0.4, -0.2) is 65.1 Å². The van der Waals surface area contributed by atoms with Crippen LogP contribution < -0.4 is 5.32 Å². The number of carboxylic acid groups (broad SMARTS) is 1. The Bertz CT molecular complexity index is 300. The molecule has 0 aromatic rings. The summed E-state index contributed by atoms with van der Waals surface area (Å²) in [5.41, 5.74) is 0. The average Bonchev–Trinajstić information content (AvgIpc) is 2.26. The van der Waals surface area contributed by atoms with Gasteiger partial charge in [-0.2, -0.15) is 0 Å². The van der Waals surface area contributed by atoms with Crippen molar-refractivity contribution in [2.75, 3.05) is 19.7 Å². The largest absolute Gasteiger partial charge is 0.480 e. The van der Waals surface area contributed by atoms with Crippen molar-refractivity contribution in [1.29, 1.82) is 0 Å². The minimum Gasteiger partial charge on any atom is -0.480 e. The molecule has 7 nitrogen and oxygen atoms in total. The number of urea groups is 1. The predicted octanol–water partition coefficient (Wildman–Crippen LogP) is -0.359. The molecule has 3 unspecified atom stereocenters. The van der Waals surface area contributed by atoms with Crippen molar-refractivity contribution in [3.63, 3.8) is 0 Å². The number of hydrogen-bond acceptors (Lipinski definition) is 4. The molecule has 7 heteroatoms. The topological polar surface area (TPSA) is 99.1 Å².